The van der Waals surface area contributed by atoms with Gasteiger partial charge in [0.2, 0.25) is 5.91 Å². The van der Waals surface area contributed by atoms with E-state index < -0.39 is 0 Å². The van der Waals surface area contributed by atoms with Crippen molar-refractivity contribution in [1.29, 1.82) is 0 Å². The number of carbonyl (C=O) groups is 2. The fraction of sp³-hybridized carbons (Fsp3) is 0.909. The van der Waals surface area contributed by atoms with E-state index in [1.54, 1.807) is 0 Å². The van der Waals surface area contributed by atoms with Crippen molar-refractivity contribution in [2.24, 2.45) is 23.7 Å². The molecule has 0 spiro atoms. The molecule has 4 heteroatoms. The predicted octanol–water partition coefficient (Wildman–Crippen LogP) is 3.74. The molecule has 1 saturated carbocycles. The average Bonchev–Trinajstić information content (AvgIpc) is 2.69. The number of amides is 1. The molecular formula is C22H38N2O2. The quantitative estimate of drug-likeness (QED) is 0.676. The number of piperidine rings is 2. The molecule has 0 N–H and O–H groups in total. The van der Waals surface area contributed by atoms with Crippen LogP contribution in [-0.4, -0.2) is 54.7 Å². The first-order chi connectivity index (χ1) is 12.7. The molecule has 0 atom stereocenters. The molecule has 3 rings (SSSR count). The zero-order valence-corrected chi connectivity index (χ0v) is 16.7. The van der Waals surface area contributed by atoms with Crippen LogP contribution in [0.15, 0.2) is 0 Å². The Bertz CT molecular complexity index is 443. The average molecular weight is 363 g/mol. The van der Waals surface area contributed by atoms with Gasteiger partial charge in [0, 0.05) is 24.9 Å². The molecule has 1 amide bonds. The molecular weight excluding hydrogens is 324 g/mol. The van der Waals surface area contributed by atoms with Crippen LogP contribution < -0.4 is 0 Å². The van der Waals surface area contributed by atoms with Crippen LogP contribution >= 0.6 is 0 Å². The van der Waals surface area contributed by atoms with Crippen LogP contribution in [0.3, 0.4) is 0 Å². The van der Waals surface area contributed by atoms with Crippen LogP contribution in [0.4, 0.5) is 0 Å². The van der Waals surface area contributed by atoms with Crippen molar-refractivity contribution >= 4 is 12.2 Å². The van der Waals surface area contributed by atoms with Gasteiger partial charge in [0.25, 0.3) is 0 Å². The van der Waals surface area contributed by atoms with E-state index in [2.05, 4.69) is 16.7 Å². The molecule has 2 heterocycles. The third-order valence-corrected chi connectivity index (χ3v) is 7.20. The maximum atomic E-state index is 12.7. The van der Waals surface area contributed by atoms with E-state index in [0.717, 1.165) is 56.9 Å². The highest BCUT2D eigenvalue weighted by atomic mass is 16.2. The van der Waals surface area contributed by atoms with Crippen molar-refractivity contribution in [2.45, 2.75) is 71.1 Å². The van der Waals surface area contributed by atoms with Crippen LogP contribution in [-0.2, 0) is 9.59 Å². The summed E-state index contributed by atoms with van der Waals surface area (Å²) >= 11 is 0. The summed E-state index contributed by atoms with van der Waals surface area (Å²) < 4.78 is 0. The van der Waals surface area contributed by atoms with Crippen molar-refractivity contribution in [1.82, 2.24) is 9.80 Å². The predicted molar refractivity (Wildman–Crippen MR) is 105 cm³/mol. The number of likely N-dealkylation sites (tertiary alicyclic amines) is 2. The van der Waals surface area contributed by atoms with Gasteiger partial charge < -0.3 is 14.6 Å². The van der Waals surface area contributed by atoms with Crippen molar-refractivity contribution in [3.63, 3.8) is 0 Å². The Hall–Kier alpha value is -0.900. The summed E-state index contributed by atoms with van der Waals surface area (Å²) in [5.41, 5.74) is 0. The fourth-order valence-electron chi connectivity index (χ4n) is 5.09. The first-order valence-corrected chi connectivity index (χ1v) is 11.1. The molecule has 0 radical (unpaired) electrons. The van der Waals surface area contributed by atoms with E-state index in [1.807, 2.05) is 0 Å². The molecule has 0 aromatic carbocycles. The zero-order valence-electron chi connectivity index (χ0n) is 16.7. The highest BCUT2D eigenvalue weighted by Crippen LogP contribution is 2.31. The number of aldehydes is 1. The van der Waals surface area contributed by atoms with E-state index in [0.29, 0.717) is 5.91 Å². The highest BCUT2D eigenvalue weighted by molar-refractivity contribution is 5.79. The van der Waals surface area contributed by atoms with Gasteiger partial charge >= 0.3 is 0 Å². The van der Waals surface area contributed by atoms with Gasteiger partial charge in [-0.1, -0.05) is 6.92 Å². The van der Waals surface area contributed by atoms with Gasteiger partial charge in [0.1, 0.15) is 6.29 Å². The molecule has 148 valence electrons. The van der Waals surface area contributed by atoms with Gasteiger partial charge in [0.05, 0.1) is 0 Å². The van der Waals surface area contributed by atoms with E-state index in [4.69, 9.17) is 0 Å². The molecule has 3 aliphatic rings. The summed E-state index contributed by atoms with van der Waals surface area (Å²) in [6, 6.07) is 0. The fourth-order valence-corrected chi connectivity index (χ4v) is 5.09. The Morgan fingerprint density at radius 1 is 0.923 bits per heavy atom. The third-order valence-electron chi connectivity index (χ3n) is 7.20. The Balaban J connectivity index is 1.30. The second kappa shape index (κ2) is 9.87. The number of hydrogen-bond acceptors (Lipinski definition) is 3. The van der Waals surface area contributed by atoms with Crippen molar-refractivity contribution in [3.05, 3.63) is 0 Å². The lowest BCUT2D eigenvalue weighted by atomic mass is 9.81. The molecule has 0 aromatic rings. The number of hydrogen-bond donors (Lipinski definition) is 0. The van der Waals surface area contributed by atoms with Crippen molar-refractivity contribution < 1.29 is 9.59 Å². The monoisotopic (exact) mass is 362 g/mol. The van der Waals surface area contributed by atoms with Gasteiger partial charge in [-0.2, -0.15) is 0 Å². The first kappa shape index (κ1) is 19.9. The van der Waals surface area contributed by atoms with Gasteiger partial charge in [-0.3, -0.25) is 4.79 Å². The number of nitrogens with zero attached hydrogens (tertiary/aromatic N) is 2. The van der Waals surface area contributed by atoms with E-state index in [9.17, 15) is 9.59 Å². The molecule has 26 heavy (non-hydrogen) atoms. The van der Waals surface area contributed by atoms with Crippen LogP contribution in [0.2, 0.25) is 0 Å². The summed E-state index contributed by atoms with van der Waals surface area (Å²) in [4.78, 5) is 28.4. The van der Waals surface area contributed by atoms with Gasteiger partial charge in [-0.25, -0.2) is 0 Å². The highest BCUT2D eigenvalue weighted by Gasteiger charge is 2.31. The molecule has 0 unspecified atom stereocenters. The van der Waals surface area contributed by atoms with Crippen molar-refractivity contribution in [3.8, 4) is 0 Å². The molecule has 0 bridgehead atoms. The van der Waals surface area contributed by atoms with Gasteiger partial charge in [-0.05, 0) is 95.7 Å². The van der Waals surface area contributed by atoms with Crippen LogP contribution in [0.1, 0.15) is 71.1 Å². The largest absolute Gasteiger partial charge is 0.342 e. The van der Waals surface area contributed by atoms with Gasteiger partial charge in [-0.15, -0.1) is 0 Å². The molecule has 2 aliphatic heterocycles. The SMILES string of the molecule is CC1CCN(CCCC2CCN(C(=O)C3CCC(C=O)CC3)CC2)CC1. The standard InChI is InChI=1S/C22H38N2O2/c1-18-8-13-23(14-9-18)12-2-3-19-10-15-24(16-11-19)22(26)21-6-4-20(17-25)5-7-21/h17-21H,2-16H2,1H3. The van der Waals surface area contributed by atoms with Crippen LogP contribution in [0.25, 0.3) is 0 Å². The minimum absolute atomic E-state index is 0.184. The van der Waals surface area contributed by atoms with E-state index >= 15 is 0 Å². The summed E-state index contributed by atoms with van der Waals surface area (Å²) in [7, 11) is 0. The Morgan fingerprint density at radius 2 is 1.58 bits per heavy atom. The Kier molecular flexibility index (Phi) is 7.53. The van der Waals surface area contributed by atoms with Crippen LogP contribution in [0, 0.1) is 23.7 Å². The normalized spacial score (nSPS) is 29.7. The third kappa shape index (κ3) is 5.55. The first-order valence-electron chi connectivity index (χ1n) is 11.1. The smallest absolute Gasteiger partial charge is 0.225 e. The summed E-state index contributed by atoms with van der Waals surface area (Å²) in [6.07, 6.45) is 12.5. The lowest BCUT2D eigenvalue weighted by Crippen LogP contribution is -2.42. The van der Waals surface area contributed by atoms with Crippen molar-refractivity contribution in [2.75, 3.05) is 32.7 Å². The summed E-state index contributed by atoms with van der Waals surface area (Å²) in [5, 5.41) is 0. The lowest BCUT2D eigenvalue weighted by molar-refractivity contribution is -0.138. The summed E-state index contributed by atoms with van der Waals surface area (Å²) in [5.74, 6) is 2.49. The van der Waals surface area contributed by atoms with E-state index in [1.165, 1.54) is 58.2 Å². The molecule has 0 aromatic heterocycles. The second-order valence-corrected chi connectivity index (χ2v) is 9.18. The van der Waals surface area contributed by atoms with Gasteiger partial charge in [0.15, 0.2) is 0 Å². The topological polar surface area (TPSA) is 40.6 Å². The summed E-state index contributed by atoms with van der Waals surface area (Å²) in [6.45, 7) is 8.14. The van der Waals surface area contributed by atoms with E-state index in [-0.39, 0.29) is 11.8 Å². The van der Waals surface area contributed by atoms with Crippen LogP contribution in [0.5, 0.6) is 0 Å². The zero-order chi connectivity index (χ0) is 18.4. The number of carbonyl (C=O) groups excluding carboxylic acids is 2. The molecule has 3 fully saturated rings. The molecule has 4 nitrogen and oxygen atoms in total. The second-order valence-electron chi connectivity index (χ2n) is 9.18. The maximum Gasteiger partial charge on any atom is 0.225 e. The Morgan fingerprint density at radius 3 is 2.19 bits per heavy atom. The Labute approximate surface area is 159 Å². The molecule has 2 saturated heterocycles. The number of rotatable bonds is 6. The molecule has 1 aliphatic carbocycles. The minimum Gasteiger partial charge on any atom is -0.342 e. The lowest BCUT2D eigenvalue weighted by Gasteiger charge is -2.36. The minimum atomic E-state index is 0.184. The maximum absolute atomic E-state index is 12.7.